The Labute approximate surface area is 174 Å². The second kappa shape index (κ2) is 11.2. The molecule has 2 aromatic carbocycles. The summed E-state index contributed by atoms with van der Waals surface area (Å²) < 4.78 is 5.70. The van der Waals surface area contributed by atoms with Crippen LogP contribution >= 0.6 is 0 Å². The lowest BCUT2D eigenvalue weighted by Crippen LogP contribution is -2.49. The second-order valence-electron chi connectivity index (χ2n) is 7.20. The molecule has 2 aromatic rings. The third-order valence-corrected chi connectivity index (χ3v) is 5.01. The molecule has 0 aromatic heterocycles. The van der Waals surface area contributed by atoms with E-state index in [4.69, 9.17) is 4.74 Å². The highest BCUT2D eigenvalue weighted by Gasteiger charge is 2.26. The first kappa shape index (κ1) is 22.5. The molecule has 0 saturated carbocycles. The molecule has 5 nitrogen and oxygen atoms in total. The number of rotatable bonds is 10. The van der Waals surface area contributed by atoms with Crippen molar-refractivity contribution in [3.8, 4) is 5.75 Å². The molecule has 0 aliphatic rings. The molecule has 0 bridgehead atoms. The van der Waals surface area contributed by atoms with E-state index in [1.54, 1.807) is 11.8 Å². The smallest absolute Gasteiger partial charge is 0.261 e. The van der Waals surface area contributed by atoms with E-state index >= 15 is 0 Å². The maximum absolute atomic E-state index is 13.0. The number of nitrogens with one attached hydrogen (secondary N) is 1. The summed E-state index contributed by atoms with van der Waals surface area (Å²) in [5.41, 5.74) is 3.32. The molecular formula is C24H32N2O3. The SMILES string of the molecule is CCCNC(=O)[C@H](C)N(Cc1ccccc1C)C(=O)COc1ccc(CC)cc1. The number of hydrogen-bond donors (Lipinski definition) is 1. The van der Waals surface area contributed by atoms with Gasteiger partial charge in [-0.05, 0) is 55.5 Å². The van der Waals surface area contributed by atoms with E-state index in [1.165, 1.54) is 5.56 Å². The Morgan fingerprint density at radius 3 is 2.38 bits per heavy atom. The lowest BCUT2D eigenvalue weighted by atomic mass is 10.1. The predicted octanol–water partition coefficient (Wildman–Crippen LogP) is 3.88. The van der Waals surface area contributed by atoms with Crippen LogP contribution in [0.15, 0.2) is 48.5 Å². The Bertz CT molecular complexity index is 802. The molecule has 0 radical (unpaired) electrons. The van der Waals surface area contributed by atoms with Crippen molar-refractivity contribution >= 4 is 11.8 Å². The fourth-order valence-electron chi connectivity index (χ4n) is 3.00. The van der Waals surface area contributed by atoms with Crippen LogP contribution in [0.25, 0.3) is 0 Å². The first-order chi connectivity index (χ1) is 14.0. The first-order valence-electron chi connectivity index (χ1n) is 10.3. The van der Waals surface area contributed by atoms with Crippen molar-refractivity contribution in [2.45, 2.75) is 53.1 Å². The standard InChI is InChI=1S/C24H32N2O3/c1-5-15-25-24(28)19(4)26(16-21-10-8-7-9-18(21)3)23(27)17-29-22-13-11-20(6-2)12-14-22/h7-14,19H,5-6,15-17H2,1-4H3,(H,25,28)/t19-/m0/s1. The molecule has 0 unspecified atom stereocenters. The summed E-state index contributed by atoms with van der Waals surface area (Å²) in [6.45, 7) is 8.71. The van der Waals surface area contributed by atoms with E-state index in [0.717, 1.165) is 24.0 Å². The van der Waals surface area contributed by atoms with Crippen molar-refractivity contribution in [3.05, 3.63) is 65.2 Å². The lowest BCUT2D eigenvalue weighted by molar-refractivity contribution is -0.142. The molecule has 156 valence electrons. The zero-order valence-corrected chi connectivity index (χ0v) is 17.9. The molecule has 2 amide bonds. The number of carbonyl (C=O) groups excluding carboxylic acids is 2. The van der Waals surface area contributed by atoms with Gasteiger partial charge in [0.1, 0.15) is 11.8 Å². The van der Waals surface area contributed by atoms with Crippen molar-refractivity contribution in [2.75, 3.05) is 13.2 Å². The molecule has 0 aliphatic carbocycles. The topological polar surface area (TPSA) is 58.6 Å². The Hall–Kier alpha value is -2.82. The number of carbonyl (C=O) groups is 2. The van der Waals surface area contributed by atoms with Gasteiger partial charge >= 0.3 is 0 Å². The van der Waals surface area contributed by atoms with E-state index < -0.39 is 6.04 Å². The van der Waals surface area contributed by atoms with E-state index in [2.05, 4.69) is 12.2 Å². The summed E-state index contributed by atoms with van der Waals surface area (Å²) in [6.07, 6.45) is 1.80. The van der Waals surface area contributed by atoms with Crippen molar-refractivity contribution in [1.82, 2.24) is 10.2 Å². The molecule has 5 heteroatoms. The first-order valence-corrected chi connectivity index (χ1v) is 10.3. The number of nitrogens with zero attached hydrogens (tertiary/aromatic N) is 1. The Morgan fingerprint density at radius 2 is 1.76 bits per heavy atom. The molecule has 2 rings (SSSR count). The highest BCUT2D eigenvalue weighted by molar-refractivity contribution is 5.87. The van der Waals surface area contributed by atoms with E-state index in [1.807, 2.05) is 62.4 Å². The minimum absolute atomic E-state index is 0.108. The molecule has 0 heterocycles. The summed E-state index contributed by atoms with van der Waals surface area (Å²) in [5.74, 6) is 0.280. The monoisotopic (exact) mass is 396 g/mol. The average molecular weight is 397 g/mol. The van der Waals surface area contributed by atoms with Gasteiger partial charge in [0.25, 0.3) is 5.91 Å². The third-order valence-electron chi connectivity index (χ3n) is 5.01. The summed E-state index contributed by atoms with van der Waals surface area (Å²) >= 11 is 0. The normalized spacial score (nSPS) is 11.6. The number of benzene rings is 2. The van der Waals surface area contributed by atoms with E-state index in [-0.39, 0.29) is 18.4 Å². The Balaban J connectivity index is 2.12. The second-order valence-corrected chi connectivity index (χ2v) is 7.20. The van der Waals surface area contributed by atoms with Crippen molar-refractivity contribution in [3.63, 3.8) is 0 Å². The number of aryl methyl sites for hydroxylation is 2. The van der Waals surface area contributed by atoms with Gasteiger partial charge in [-0.3, -0.25) is 9.59 Å². The van der Waals surface area contributed by atoms with Gasteiger partial charge in [-0.2, -0.15) is 0 Å². The van der Waals surface area contributed by atoms with Crippen LogP contribution in [0.3, 0.4) is 0 Å². The van der Waals surface area contributed by atoms with Crippen LogP contribution in [0.5, 0.6) is 5.75 Å². The van der Waals surface area contributed by atoms with Crippen LogP contribution in [0.4, 0.5) is 0 Å². The molecule has 1 atom stereocenters. The van der Waals surface area contributed by atoms with Crippen molar-refractivity contribution < 1.29 is 14.3 Å². The number of ether oxygens (including phenoxy) is 1. The molecule has 0 aliphatic heterocycles. The fraction of sp³-hybridized carbons (Fsp3) is 0.417. The Kier molecular flexibility index (Phi) is 8.71. The Morgan fingerprint density at radius 1 is 1.07 bits per heavy atom. The molecule has 0 saturated heterocycles. The van der Waals surface area contributed by atoms with E-state index in [0.29, 0.717) is 18.8 Å². The van der Waals surface area contributed by atoms with Gasteiger partial charge in [0.15, 0.2) is 6.61 Å². The predicted molar refractivity (Wildman–Crippen MR) is 116 cm³/mol. The minimum atomic E-state index is -0.584. The number of amides is 2. The van der Waals surface area contributed by atoms with Crippen molar-refractivity contribution in [2.24, 2.45) is 0 Å². The van der Waals surface area contributed by atoms with Gasteiger partial charge in [-0.25, -0.2) is 0 Å². The van der Waals surface area contributed by atoms with Crippen LogP contribution < -0.4 is 10.1 Å². The minimum Gasteiger partial charge on any atom is -0.484 e. The van der Waals surface area contributed by atoms with Crippen LogP contribution in [-0.4, -0.2) is 35.9 Å². The quantitative estimate of drug-likeness (QED) is 0.663. The maximum Gasteiger partial charge on any atom is 0.261 e. The summed E-state index contributed by atoms with van der Waals surface area (Å²) in [5, 5.41) is 2.88. The van der Waals surface area contributed by atoms with Gasteiger partial charge in [0.05, 0.1) is 0 Å². The van der Waals surface area contributed by atoms with Gasteiger partial charge in [-0.1, -0.05) is 50.2 Å². The van der Waals surface area contributed by atoms with Crippen molar-refractivity contribution in [1.29, 1.82) is 0 Å². The number of hydrogen-bond acceptors (Lipinski definition) is 3. The van der Waals surface area contributed by atoms with E-state index in [9.17, 15) is 9.59 Å². The highest BCUT2D eigenvalue weighted by Crippen LogP contribution is 2.16. The summed E-state index contributed by atoms with van der Waals surface area (Å²) in [4.78, 5) is 27.1. The zero-order valence-electron chi connectivity index (χ0n) is 17.9. The molecule has 29 heavy (non-hydrogen) atoms. The van der Waals surface area contributed by atoms with Gasteiger partial charge in [0.2, 0.25) is 5.91 Å². The largest absolute Gasteiger partial charge is 0.484 e. The molecule has 0 fully saturated rings. The third kappa shape index (κ3) is 6.63. The highest BCUT2D eigenvalue weighted by atomic mass is 16.5. The molecule has 1 N–H and O–H groups in total. The van der Waals surface area contributed by atoms with Gasteiger partial charge < -0.3 is 15.0 Å². The van der Waals surface area contributed by atoms with Gasteiger partial charge in [0, 0.05) is 13.1 Å². The maximum atomic E-state index is 13.0. The van der Waals surface area contributed by atoms with Gasteiger partial charge in [-0.15, -0.1) is 0 Å². The summed E-state index contributed by atoms with van der Waals surface area (Å²) in [7, 11) is 0. The zero-order chi connectivity index (χ0) is 21.2. The summed E-state index contributed by atoms with van der Waals surface area (Å²) in [6, 6.07) is 15.0. The lowest BCUT2D eigenvalue weighted by Gasteiger charge is -2.29. The van der Waals surface area contributed by atoms with Crippen LogP contribution in [-0.2, 0) is 22.6 Å². The average Bonchev–Trinajstić information content (AvgIpc) is 2.75. The fourth-order valence-corrected chi connectivity index (χ4v) is 3.00. The molecular weight excluding hydrogens is 364 g/mol. The van der Waals surface area contributed by atoms with Crippen LogP contribution in [0.1, 0.15) is 43.9 Å². The van der Waals surface area contributed by atoms with Crippen LogP contribution in [0.2, 0.25) is 0 Å². The van der Waals surface area contributed by atoms with Crippen LogP contribution in [0, 0.1) is 6.92 Å². The molecule has 0 spiro atoms.